The van der Waals surface area contributed by atoms with Crippen molar-refractivity contribution in [1.82, 2.24) is 0 Å². The van der Waals surface area contributed by atoms with Gasteiger partial charge in [0.1, 0.15) is 11.6 Å². The summed E-state index contributed by atoms with van der Waals surface area (Å²) in [5.74, 6) is -0.189. The molecule has 0 heterocycles. The third kappa shape index (κ3) is 4.25. The summed E-state index contributed by atoms with van der Waals surface area (Å²) < 4.78 is 5.33. The van der Waals surface area contributed by atoms with Crippen LogP contribution in [0, 0.1) is 11.3 Å². The standard InChI is InChI=1S/C22H18N2O3/c1-2-27-21-12-15(7-10-20(21)25)11-18(14-23)22(26)24-19-9-8-16-5-3-4-6-17(16)13-19/h3-13,25H,2H2,1H3,(H,24,26)/b18-11+. The van der Waals surface area contributed by atoms with Gasteiger partial charge in [-0.15, -0.1) is 0 Å². The second kappa shape index (κ2) is 8.07. The van der Waals surface area contributed by atoms with E-state index in [1.54, 1.807) is 25.1 Å². The summed E-state index contributed by atoms with van der Waals surface area (Å²) in [7, 11) is 0. The Morgan fingerprint density at radius 2 is 1.93 bits per heavy atom. The second-order valence-electron chi connectivity index (χ2n) is 5.85. The maximum Gasteiger partial charge on any atom is 0.266 e. The molecule has 0 atom stereocenters. The second-order valence-corrected chi connectivity index (χ2v) is 5.85. The normalized spacial score (nSPS) is 11.0. The lowest BCUT2D eigenvalue weighted by atomic mass is 10.1. The van der Waals surface area contributed by atoms with Gasteiger partial charge >= 0.3 is 0 Å². The van der Waals surface area contributed by atoms with Crippen molar-refractivity contribution in [3.63, 3.8) is 0 Å². The highest BCUT2D eigenvalue weighted by atomic mass is 16.5. The topological polar surface area (TPSA) is 82.3 Å². The van der Waals surface area contributed by atoms with E-state index in [4.69, 9.17) is 4.74 Å². The zero-order chi connectivity index (χ0) is 19.2. The fourth-order valence-corrected chi connectivity index (χ4v) is 2.67. The monoisotopic (exact) mass is 358 g/mol. The van der Waals surface area contributed by atoms with Crippen molar-refractivity contribution >= 4 is 28.4 Å². The highest BCUT2D eigenvalue weighted by Gasteiger charge is 2.11. The van der Waals surface area contributed by atoms with E-state index < -0.39 is 5.91 Å². The number of carbonyl (C=O) groups is 1. The molecule has 0 aliphatic heterocycles. The Labute approximate surface area is 157 Å². The molecule has 5 heteroatoms. The summed E-state index contributed by atoms with van der Waals surface area (Å²) in [5, 5.41) is 23.9. The number of carbonyl (C=O) groups excluding carboxylic acids is 1. The lowest BCUT2D eigenvalue weighted by Crippen LogP contribution is -2.13. The number of ether oxygens (including phenoxy) is 1. The number of nitriles is 1. The number of hydrogen-bond acceptors (Lipinski definition) is 4. The first-order valence-corrected chi connectivity index (χ1v) is 8.48. The van der Waals surface area contributed by atoms with Crippen LogP contribution in [0.2, 0.25) is 0 Å². The Balaban J connectivity index is 1.84. The number of phenols is 1. The number of aromatic hydroxyl groups is 1. The van der Waals surface area contributed by atoms with Crippen LogP contribution in [0.4, 0.5) is 5.69 Å². The molecule has 3 aromatic rings. The molecule has 0 spiro atoms. The lowest BCUT2D eigenvalue weighted by molar-refractivity contribution is -0.112. The molecule has 0 aromatic heterocycles. The van der Waals surface area contributed by atoms with E-state index in [2.05, 4.69) is 5.32 Å². The molecule has 1 amide bonds. The molecule has 0 aliphatic carbocycles. The number of rotatable bonds is 5. The van der Waals surface area contributed by atoms with Crippen LogP contribution in [0.5, 0.6) is 11.5 Å². The van der Waals surface area contributed by atoms with Gasteiger partial charge in [0, 0.05) is 5.69 Å². The molecule has 0 unspecified atom stereocenters. The summed E-state index contributed by atoms with van der Waals surface area (Å²) in [4.78, 5) is 12.5. The molecule has 0 radical (unpaired) electrons. The summed E-state index contributed by atoms with van der Waals surface area (Å²) in [6, 6.07) is 20.0. The summed E-state index contributed by atoms with van der Waals surface area (Å²) in [5.41, 5.74) is 1.15. The van der Waals surface area contributed by atoms with Gasteiger partial charge in [0.2, 0.25) is 0 Å². The number of nitrogens with zero attached hydrogens (tertiary/aromatic N) is 1. The highest BCUT2D eigenvalue weighted by Crippen LogP contribution is 2.28. The third-order valence-corrected chi connectivity index (χ3v) is 3.97. The molecule has 27 heavy (non-hydrogen) atoms. The molecule has 0 aliphatic rings. The van der Waals surface area contributed by atoms with Crippen molar-refractivity contribution in [1.29, 1.82) is 5.26 Å². The van der Waals surface area contributed by atoms with E-state index in [0.717, 1.165) is 10.8 Å². The number of anilines is 1. The average molecular weight is 358 g/mol. The van der Waals surface area contributed by atoms with E-state index in [0.29, 0.717) is 23.6 Å². The van der Waals surface area contributed by atoms with E-state index in [1.165, 1.54) is 12.1 Å². The van der Waals surface area contributed by atoms with Gasteiger partial charge in [-0.25, -0.2) is 0 Å². The van der Waals surface area contributed by atoms with Gasteiger partial charge in [-0.05, 0) is 53.6 Å². The maximum absolute atomic E-state index is 12.5. The number of hydrogen-bond donors (Lipinski definition) is 2. The van der Waals surface area contributed by atoms with Crippen molar-refractivity contribution in [2.75, 3.05) is 11.9 Å². The first kappa shape index (κ1) is 18.0. The van der Waals surface area contributed by atoms with Gasteiger partial charge < -0.3 is 15.2 Å². The van der Waals surface area contributed by atoms with E-state index in [1.807, 2.05) is 42.5 Å². The predicted octanol–water partition coefficient (Wildman–Crippen LogP) is 4.49. The number of amides is 1. The van der Waals surface area contributed by atoms with Crippen molar-refractivity contribution < 1.29 is 14.6 Å². The molecule has 134 valence electrons. The van der Waals surface area contributed by atoms with Crippen LogP contribution in [0.25, 0.3) is 16.8 Å². The Hall–Kier alpha value is -3.78. The van der Waals surface area contributed by atoms with Gasteiger partial charge in [-0.3, -0.25) is 4.79 Å². The summed E-state index contributed by atoms with van der Waals surface area (Å²) in [6.45, 7) is 2.20. The smallest absolute Gasteiger partial charge is 0.266 e. The Morgan fingerprint density at radius 3 is 2.67 bits per heavy atom. The van der Waals surface area contributed by atoms with Crippen LogP contribution in [0.15, 0.2) is 66.2 Å². The van der Waals surface area contributed by atoms with E-state index >= 15 is 0 Å². The summed E-state index contributed by atoms with van der Waals surface area (Å²) >= 11 is 0. The first-order valence-electron chi connectivity index (χ1n) is 8.48. The Morgan fingerprint density at radius 1 is 1.15 bits per heavy atom. The Kier molecular flexibility index (Phi) is 5.38. The van der Waals surface area contributed by atoms with Gasteiger partial charge in [-0.1, -0.05) is 36.4 Å². The molecule has 0 bridgehead atoms. The van der Waals surface area contributed by atoms with Gasteiger partial charge in [-0.2, -0.15) is 5.26 Å². The van der Waals surface area contributed by atoms with Gasteiger partial charge in [0.15, 0.2) is 11.5 Å². The van der Waals surface area contributed by atoms with Crippen LogP contribution in [-0.4, -0.2) is 17.6 Å². The van der Waals surface area contributed by atoms with Crippen molar-refractivity contribution in [3.05, 3.63) is 71.8 Å². The van der Waals surface area contributed by atoms with Crippen LogP contribution < -0.4 is 10.1 Å². The van der Waals surface area contributed by atoms with Crippen LogP contribution in [0.3, 0.4) is 0 Å². The molecule has 3 aromatic carbocycles. The minimum absolute atomic E-state index is 0.00752. The zero-order valence-electron chi connectivity index (χ0n) is 14.8. The molecule has 0 saturated heterocycles. The van der Waals surface area contributed by atoms with Crippen LogP contribution in [-0.2, 0) is 4.79 Å². The molecule has 2 N–H and O–H groups in total. The van der Waals surface area contributed by atoms with E-state index in [-0.39, 0.29) is 11.3 Å². The largest absolute Gasteiger partial charge is 0.504 e. The van der Waals surface area contributed by atoms with E-state index in [9.17, 15) is 15.2 Å². The molecule has 5 nitrogen and oxygen atoms in total. The minimum atomic E-state index is -0.501. The third-order valence-electron chi connectivity index (χ3n) is 3.97. The quantitative estimate of drug-likeness (QED) is 0.520. The maximum atomic E-state index is 12.5. The SMILES string of the molecule is CCOc1cc(/C=C(\C#N)C(=O)Nc2ccc3ccccc3c2)ccc1O. The fourth-order valence-electron chi connectivity index (χ4n) is 2.67. The van der Waals surface area contributed by atoms with Crippen molar-refractivity contribution in [2.24, 2.45) is 0 Å². The van der Waals surface area contributed by atoms with Crippen LogP contribution in [0.1, 0.15) is 12.5 Å². The molecular weight excluding hydrogens is 340 g/mol. The number of nitrogens with one attached hydrogen (secondary N) is 1. The molecule has 0 fully saturated rings. The molecule has 3 rings (SSSR count). The minimum Gasteiger partial charge on any atom is -0.504 e. The highest BCUT2D eigenvalue weighted by molar-refractivity contribution is 6.10. The lowest BCUT2D eigenvalue weighted by Gasteiger charge is -2.08. The van der Waals surface area contributed by atoms with Gasteiger partial charge in [0.25, 0.3) is 5.91 Å². The van der Waals surface area contributed by atoms with Crippen molar-refractivity contribution in [3.8, 4) is 17.6 Å². The number of benzene rings is 3. The first-order chi connectivity index (χ1) is 13.1. The number of fused-ring (bicyclic) bond motifs is 1. The predicted molar refractivity (Wildman–Crippen MR) is 105 cm³/mol. The van der Waals surface area contributed by atoms with Crippen molar-refractivity contribution in [2.45, 2.75) is 6.92 Å². The Bertz CT molecular complexity index is 1060. The molecular formula is C22H18N2O3. The van der Waals surface area contributed by atoms with Gasteiger partial charge in [0.05, 0.1) is 6.61 Å². The number of phenolic OH excluding ortho intramolecular Hbond substituents is 1. The average Bonchev–Trinajstić information content (AvgIpc) is 2.68. The molecule has 0 saturated carbocycles. The fraction of sp³-hybridized carbons (Fsp3) is 0.0909. The summed E-state index contributed by atoms with van der Waals surface area (Å²) in [6.07, 6.45) is 1.46. The zero-order valence-corrected chi connectivity index (χ0v) is 14.8. The van der Waals surface area contributed by atoms with Crippen LogP contribution >= 0.6 is 0 Å².